The van der Waals surface area contributed by atoms with E-state index < -0.39 is 0 Å². The molecule has 0 radical (unpaired) electrons. The van der Waals surface area contributed by atoms with E-state index in [9.17, 15) is 0 Å². The molecular formula is C19H29NO. The van der Waals surface area contributed by atoms with Gasteiger partial charge in [-0.3, -0.25) is 0 Å². The van der Waals surface area contributed by atoms with Crippen molar-refractivity contribution in [2.24, 2.45) is 11.3 Å². The van der Waals surface area contributed by atoms with Crippen molar-refractivity contribution in [2.75, 3.05) is 6.54 Å². The van der Waals surface area contributed by atoms with Crippen molar-refractivity contribution in [3.8, 4) is 0 Å². The maximum Gasteiger partial charge on any atom is 0.137 e. The van der Waals surface area contributed by atoms with Crippen LogP contribution in [0.25, 0.3) is 11.0 Å². The van der Waals surface area contributed by atoms with Crippen molar-refractivity contribution in [1.29, 1.82) is 0 Å². The van der Waals surface area contributed by atoms with Crippen LogP contribution in [0.4, 0.5) is 0 Å². The van der Waals surface area contributed by atoms with E-state index in [1.54, 1.807) is 0 Å². The van der Waals surface area contributed by atoms with Crippen molar-refractivity contribution >= 4 is 11.0 Å². The lowest BCUT2D eigenvalue weighted by Gasteiger charge is -2.30. The van der Waals surface area contributed by atoms with Gasteiger partial charge >= 0.3 is 0 Å². The Hall–Kier alpha value is -1.28. The first-order valence-corrected chi connectivity index (χ1v) is 8.05. The second kappa shape index (κ2) is 6.23. The quantitative estimate of drug-likeness (QED) is 0.789. The fraction of sp³-hybridized carbons (Fsp3) is 0.579. The van der Waals surface area contributed by atoms with Crippen LogP contribution in [0.1, 0.15) is 58.4 Å². The number of nitrogens with one attached hydrogen (secondary N) is 1. The molecule has 2 nitrogen and oxygen atoms in total. The maximum absolute atomic E-state index is 6.16. The third kappa shape index (κ3) is 3.68. The van der Waals surface area contributed by atoms with E-state index in [2.05, 4.69) is 71.1 Å². The van der Waals surface area contributed by atoms with Crippen LogP contribution >= 0.6 is 0 Å². The Morgan fingerprint density at radius 2 is 1.95 bits per heavy atom. The third-order valence-electron chi connectivity index (χ3n) is 4.62. The Kier molecular flexibility index (Phi) is 4.77. The summed E-state index contributed by atoms with van der Waals surface area (Å²) in [6.07, 6.45) is 1.09. The van der Waals surface area contributed by atoms with E-state index in [-0.39, 0.29) is 6.04 Å². The number of hydrogen-bond donors (Lipinski definition) is 1. The molecule has 0 saturated carbocycles. The van der Waals surface area contributed by atoms with Gasteiger partial charge in [-0.15, -0.1) is 0 Å². The smallest absolute Gasteiger partial charge is 0.137 e. The number of rotatable bonds is 5. The first kappa shape index (κ1) is 16.1. The highest BCUT2D eigenvalue weighted by Crippen LogP contribution is 2.35. The van der Waals surface area contributed by atoms with E-state index in [0.29, 0.717) is 11.3 Å². The average molecular weight is 287 g/mol. The summed E-state index contributed by atoms with van der Waals surface area (Å²) in [6, 6.07) is 8.82. The summed E-state index contributed by atoms with van der Waals surface area (Å²) in [4.78, 5) is 0. The third-order valence-corrected chi connectivity index (χ3v) is 4.62. The zero-order valence-corrected chi connectivity index (χ0v) is 14.3. The number of benzene rings is 1. The van der Waals surface area contributed by atoms with Crippen molar-refractivity contribution in [3.63, 3.8) is 0 Å². The summed E-state index contributed by atoms with van der Waals surface area (Å²) in [5, 5.41) is 4.79. The topological polar surface area (TPSA) is 25.2 Å². The molecule has 0 amide bonds. The average Bonchev–Trinajstić information content (AvgIpc) is 2.82. The SMILES string of the molecule is CCNC(CC(C)C(C)(C)C)c1cc2cccc(C)c2o1. The van der Waals surface area contributed by atoms with Gasteiger partial charge in [0.1, 0.15) is 11.3 Å². The summed E-state index contributed by atoms with van der Waals surface area (Å²) >= 11 is 0. The van der Waals surface area contributed by atoms with Crippen LogP contribution in [0.15, 0.2) is 28.7 Å². The van der Waals surface area contributed by atoms with Crippen molar-refractivity contribution in [2.45, 2.75) is 54.0 Å². The van der Waals surface area contributed by atoms with E-state index >= 15 is 0 Å². The zero-order chi connectivity index (χ0) is 15.6. The van der Waals surface area contributed by atoms with E-state index in [0.717, 1.165) is 24.3 Å². The molecule has 116 valence electrons. The van der Waals surface area contributed by atoms with Gasteiger partial charge in [-0.2, -0.15) is 0 Å². The first-order chi connectivity index (χ1) is 9.82. The highest BCUT2D eigenvalue weighted by Gasteiger charge is 2.26. The number of furan rings is 1. The number of hydrogen-bond acceptors (Lipinski definition) is 2. The summed E-state index contributed by atoms with van der Waals surface area (Å²) in [5.41, 5.74) is 2.55. The Morgan fingerprint density at radius 3 is 2.52 bits per heavy atom. The predicted octanol–water partition coefficient (Wildman–Crippen LogP) is 5.46. The zero-order valence-electron chi connectivity index (χ0n) is 14.3. The summed E-state index contributed by atoms with van der Waals surface area (Å²) in [7, 11) is 0. The normalized spacial score (nSPS) is 15.3. The van der Waals surface area contributed by atoms with Gasteiger partial charge in [0.25, 0.3) is 0 Å². The van der Waals surface area contributed by atoms with Gasteiger partial charge in [-0.1, -0.05) is 52.8 Å². The molecule has 1 aromatic carbocycles. The molecule has 2 unspecified atom stereocenters. The Bertz CT molecular complexity index is 591. The molecule has 0 spiro atoms. The largest absolute Gasteiger partial charge is 0.459 e. The summed E-state index contributed by atoms with van der Waals surface area (Å²) < 4.78 is 6.16. The lowest BCUT2D eigenvalue weighted by molar-refractivity contribution is 0.216. The number of fused-ring (bicyclic) bond motifs is 1. The van der Waals surface area contributed by atoms with Crippen molar-refractivity contribution in [1.82, 2.24) is 5.32 Å². The van der Waals surface area contributed by atoms with Crippen LogP contribution in [0.5, 0.6) is 0 Å². The fourth-order valence-corrected chi connectivity index (χ4v) is 2.65. The van der Waals surface area contributed by atoms with Gasteiger partial charge in [-0.05, 0) is 42.9 Å². The Balaban J connectivity index is 2.30. The number of para-hydroxylation sites is 1. The molecule has 1 heterocycles. The van der Waals surface area contributed by atoms with Crippen molar-refractivity contribution in [3.05, 3.63) is 35.6 Å². The second-order valence-corrected chi connectivity index (χ2v) is 7.26. The minimum atomic E-state index is 0.288. The molecule has 2 atom stereocenters. The van der Waals surface area contributed by atoms with E-state index in [1.165, 1.54) is 10.9 Å². The molecule has 0 bridgehead atoms. The molecule has 1 N–H and O–H groups in total. The van der Waals surface area contributed by atoms with Gasteiger partial charge in [-0.25, -0.2) is 0 Å². The lowest BCUT2D eigenvalue weighted by atomic mass is 9.78. The minimum absolute atomic E-state index is 0.288. The standard InChI is InChI=1S/C19H29NO/c1-7-20-16(11-14(3)19(4,5)6)17-12-15-10-8-9-13(2)18(15)21-17/h8-10,12,14,16,20H,7,11H2,1-6H3. The van der Waals surface area contributed by atoms with Gasteiger partial charge in [0.15, 0.2) is 0 Å². The van der Waals surface area contributed by atoms with Crippen LogP contribution in [-0.2, 0) is 0 Å². The molecule has 21 heavy (non-hydrogen) atoms. The van der Waals surface area contributed by atoms with Crippen LogP contribution in [0.3, 0.4) is 0 Å². The maximum atomic E-state index is 6.16. The van der Waals surface area contributed by atoms with Gasteiger partial charge in [0.05, 0.1) is 6.04 Å². The predicted molar refractivity (Wildman–Crippen MR) is 90.6 cm³/mol. The first-order valence-electron chi connectivity index (χ1n) is 8.05. The van der Waals surface area contributed by atoms with Crippen LogP contribution in [0, 0.1) is 18.3 Å². The molecule has 2 heteroatoms. The highest BCUT2D eigenvalue weighted by molar-refractivity contribution is 5.81. The van der Waals surface area contributed by atoms with Crippen molar-refractivity contribution < 1.29 is 4.42 Å². The monoisotopic (exact) mass is 287 g/mol. The second-order valence-electron chi connectivity index (χ2n) is 7.26. The van der Waals surface area contributed by atoms with E-state index in [1.807, 2.05) is 0 Å². The van der Waals surface area contributed by atoms with Crippen LogP contribution in [-0.4, -0.2) is 6.54 Å². The molecule has 0 aliphatic heterocycles. The molecule has 0 aliphatic carbocycles. The Morgan fingerprint density at radius 1 is 1.24 bits per heavy atom. The minimum Gasteiger partial charge on any atom is -0.459 e. The fourth-order valence-electron chi connectivity index (χ4n) is 2.65. The lowest BCUT2D eigenvalue weighted by Crippen LogP contribution is -2.27. The molecular weight excluding hydrogens is 258 g/mol. The summed E-state index contributed by atoms with van der Waals surface area (Å²) in [5.74, 6) is 1.69. The van der Waals surface area contributed by atoms with Gasteiger partial charge < -0.3 is 9.73 Å². The Labute approximate surface area is 128 Å². The van der Waals surface area contributed by atoms with Crippen LogP contribution < -0.4 is 5.32 Å². The molecule has 0 saturated heterocycles. The number of aryl methyl sites for hydroxylation is 1. The molecule has 0 fully saturated rings. The molecule has 1 aromatic heterocycles. The van der Waals surface area contributed by atoms with Crippen LogP contribution in [0.2, 0.25) is 0 Å². The van der Waals surface area contributed by atoms with Gasteiger partial charge in [0.2, 0.25) is 0 Å². The molecule has 2 aromatic rings. The van der Waals surface area contributed by atoms with E-state index in [4.69, 9.17) is 4.42 Å². The summed E-state index contributed by atoms with van der Waals surface area (Å²) in [6.45, 7) is 14.5. The highest BCUT2D eigenvalue weighted by atomic mass is 16.3. The molecule has 2 rings (SSSR count). The van der Waals surface area contributed by atoms with Gasteiger partial charge in [0, 0.05) is 5.39 Å². The molecule has 0 aliphatic rings.